The molecule has 0 spiro atoms. The Balaban J connectivity index is 5.73. The van der Waals surface area contributed by atoms with Crippen LogP contribution < -0.4 is 5.32 Å². The lowest BCUT2D eigenvalue weighted by Crippen LogP contribution is -2.54. The normalized spacial score (nSPS) is 16.7. The van der Waals surface area contributed by atoms with E-state index < -0.39 is 60.5 Å². The minimum atomic E-state index is -3.07. The summed E-state index contributed by atoms with van der Waals surface area (Å²) in [6, 6.07) is -1.44. The van der Waals surface area contributed by atoms with E-state index in [2.05, 4.69) is 0 Å². The lowest BCUT2D eigenvalue weighted by atomic mass is 9.83. The van der Waals surface area contributed by atoms with Crippen molar-refractivity contribution in [3.8, 4) is 0 Å². The molecule has 10 nitrogen and oxygen atoms in total. The summed E-state index contributed by atoms with van der Waals surface area (Å²) in [5.41, 5.74) is -3.07. The van der Waals surface area contributed by atoms with Crippen LogP contribution in [-0.4, -0.2) is 62.1 Å². The molecule has 0 aliphatic heterocycles. The number of aliphatic hydroxyl groups is 1. The standard InChI is InChI=1S/C13H17NO9/c1-7(11(19)20)14-10(18)8(4-2-3-5-15)13(23,12(21)22)6-9(16)17/h2,4-5,7-8,23H,3,6H2,1H3,(H,14,18)(H,16,17)(H,19,20)(H,21,22)/b4-2+/i5D. The van der Waals surface area contributed by atoms with Crippen molar-refractivity contribution in [2.24, 2.45) is 5.92 Å². The Morgan fingerprint density at radius 2 is 1.83 bits per heavy atom. The fourth-order valence-corrected chi connectivity index (χ4v) is 1.63. The van der Waals surface area contributed by atoms with Crippen LogP contribution in [0.1, 0.15) is 21.1 Å². The fourth-order valence-electron chi connectivity index (χ4n) is 1.63. The van der Waals surface area contributed by atoms with Crippen LogP contribution in [0.4, 0.5) is 0 Å². The highest BCUT2D eigenvalue weighted by Crippen LogP contribution is 2.25. The Kier molecular flexibility index (Phi) is 6.87. The van der Waals surface area contributed by atoms with Crippen LogP contribution in [0.25, 0.3) is 0 Å². The van der Waals surface area contributed by atoms with E-state index in [1.807, 2.05) is 5.32 Å². The molecule has 128 valence electrons. The number of aldehydes is 1. The van der Waals surface area contributed by atoms with Gasteiger partial charge in [-0.25, -0.2) is 4.79 Å². The molecule has 0 aliphatic rings. The van der Waals surface area contributed by atoms with E-state index >= 15 is 0 Å². The maximum Gasteiger partial charge on any atom is 0.337 e. The zero-order valence-corrected chi connectivity index (χ0v) is 12.1. The molecule has 3 atom stereocenters. The first-order valence-electron chi connectivity index (χ1n) is 6.78. The third-order valence-electron chi connectivity index (χ3n) is 2.85. The van der Waals surface area contributed by atoms with E-state index in [4.69, 9.17) is 16.7 Å². The molecule has 0 aromatic rings. The van der Waals surface area contributed by atoms with E-state index in [0.717, 1.165) is 19.1 Å². The predicted molar refractivity (Wildman–Crippen MR) is 73.4 cm³/mol. The number of carbonyl (C=O) groups is 5. The van der Waals surface area contributed by atoms with Gasteiger partial charge in [0.25, 0.3) is 0 Å². The van der Waals surface area contributed by atoms with Gasteiger partial charge in [-0.1, -0.05) is 12.2 Å². The highest BCUT2D eigenvalue weighted by molar-refractivity contribution is 5.94. The first-order valence-corrected chi connectivity index (χ1v) is 6.28. The van der Waals surface area contributed by atoms with Crippen LogP contribution in [0.2, 0.25) is 0 Å². The summed E-state index contributed by atoms with van der Waals surface area (Å²) in [5.74, 6) is -8.43. The maximum absolute atomic E-state index is 12.1. The molecule has 0 fully saturated rings. The number of rotatable bonds is 10. The molecule has 0 saturated carbocycles. The van der Waals surface area contributed by atoms with Crippen molar-refractivity contribution < 1.29 is 45.8 Å². The number of hydrogen-bond acceptors (Lipinski definition) is 6. The third-order valence-corrected chi connectivity index (χ3v) is 2.85. The number of nitrogens with one attached hydrogen (secondary N) is 1. The number of allylic oxidation sites excluding steroid dienone is 1. The molecule has 23 heavy (non-hydrogen) atoms. The molecular formula is C13H17NO9. The first-order chi connectivity index (χ1) is 10.9. The smallest absolute Gasteiger partial charge is 0.337 e. The van der Waals surface area contributed by atoms with Crippen LogP contribution in [0.5, 0.6) is 0 Å². The Morgan fingerprint density at radius 1 is 1.26 bits per heavy atom. The van der Waals surface area contributed by atoms with Gasteiger partial charge < -0.3 is 30.5 Å². The summed E-state index contributed by atoms with van der Waals surface area (Å²) in [5, 5.41) is 38.7. The largest absolute Gasteiger partial charge is 0.481 e. The zero-order chi connectivity index (χ0) is 19.1. The summed E-state index contributed by atoms with van der Waals surface area (Å²) in [4.78, 5) is 55.5. The van der Waals surface area contributed by atoms with Crippen LogP contribution in [0, 0.1) is 5.92 Å². The van der Waals surface area contributed by atoms with E-state index in [-0.39, 0.29) is 0 Å². The lowest BCUT2D eigenvalue weighted by molar-refractivity contribution is -0.172. The summed E-state index contributed by atoms with van der Waals surface area (Å²) in [7, 11) is 0. The summed E-state index contributed by atoms with van der Waals surface area (Å²) < 4.78 is 6.71. The van der Waals surface area contributed by atoms with Gasteiger partial charge in [0, 0.05) is 6.42 Å². The zero-order valence-electron chi connectivity index (χ0n) is 13.1. The van der Waals surface area contributed by atoms with Crippen molar-refractivity contribution in [1.82, 2.24) is 5.32 Å². The van der Waals surface area contributed by atoms with Crippen molar-refractivity contribution in [3.05, 3.63) is 12.2 Å². The van der Waals surface area contributed by atoms with Gasteiger partial charge in [0.2, 0.25) is 5.91 Å². The topological polar surface area (TPSA) is 178 Å². The predicted octanol–water partition coefficient (Wildman–Crippen LogP) is -1.37. The molecule has 0 aromatic heterocycles. The molecule has 0 radical (unpaired) electrons. The minimum Gasteiger partial charge on any atom is -0.481 e. The number of carboxylic acid groups (broad SMARTS) is 3. The highest BCUT2D eigenvalue weighted by Gasteiger charge is 2.49. The molecular weight excluding hydrogens is 314 g/mol. The van der Waals surface area contributed by atoms with Crippen molar-refractivity contribution in [3.63, 3.8) is 0 Å². The van der Waals surface area contributed by atoms with Crippen LogP contribution in [0.3, 0.4) is 0 Å². The van der Waals surface area contributed by atoms with Gasteiger partial charge in [0.15, 0.2) is 5.60 Å². The van der Waals surface area contributed by atoms with E-state index in [1.165, 1.54) is 0 Å². The Hall–Kier alpha value is -2.75. The van der Waals surface area contributed by atoms with Crippen LogP contribution in [-0.2, 0) is 24.0 Å². The molecule has 1 amide bonds. The average molecular weight is 332 g/mol. The molecule has 10 heteroatoms. The lowest BCUT2D eigenvalue weighted by Gasteiger charge is -2.29. The second-order valence-corrected chi connectivity index (χ2v) is 4.62. The van der Waals surface area contributed by atoms with E-state index in [1.54, 1.807) is 0 Å². The van der Waals surface area contributed by atoms with Gasteiger partial charge in [-0.2, -0.15) is 0 Å². The summed E-state index contributed by atoms with van der Waals surface area (Å²) in [6.07, 6.45) is -1.25. The molecule has 5 N–H and O–H groups in total. The Labute approximate surface area is 131 Å². The molecule has 0 aliphatic carbocycles. The molecule has 0 saturated heterocycles. The van der Waals surface area contributed by atoms with Gasteiger partial charge >= 0.3 is 17.9 Å². The fraction of sp³-hybridized carbons (Fsp3) is 0.462. The van der Waals surface area contributed by atoms with Gasteiger partial charge in [0.05, 0.1) is 12.3 Å². The molecule has 0 rings (SSSR count). The summed E-state index contributed by atoms with van der Waals surface area (Å²) >= 11 is 0. The second-order valence-electron chi connectivity index (χ2n) is 4.62. The highest BCUT2D eigenvalue weighted by atomic mass is 16.4. The number of carbonyl (C=O) groups excluding carboxylic acids is 2. The molecule has 3 unspecified atom stereocenters. The van der Waals surface area contributed by atoms with Crippen molar-refractivity contribution >= 4 is 30.1 Å². The Bertz CT molecular complexity index is 574. The molecule has 0 bridgehead atoms. The Morgan fingerprint density at radius 3 is 2.22 bits per heavy atom. The maximum atomic E-state index is 12.1. The van der Waals surface area contributed by atoms with Gasteiger partial charge in [-0.05, 0) is 6.92 Å². The monoisotopic (exact) mass is 332 g/mol. The summed E-state index contributed by atoms with van der Waals surface area (Å²) in [6.45, 7) is 1.07. The quantitative estimate of drug-likeness (QED) is 0.238. The SMILES string of the molecule is [2H]C(=O)C/C=C/C(C(=O)NC(C)C(=O)O)C(O)(CC(=O)O)C(=O)O. The van der Waals surface area contributed by atoms with Crippen molar-refractivity contribution in [1.29, 1.82) is 0 Å². The second kappa shape index (κ2) is 8.63. The van der Waals surface area contributed by atoms with Crippen LogP contribution in [0.15, 0.2) is 12.2 Å². The van der Waals surface area contributed by atoms with E-state index in [0.29, 0.717) is 0 Å². The third kappa shape index (κ3) is 5.87. The number of amides is 1. The number of hydrogen-bond donors (Lipinski definition) is 5. The van der Waals surface area contributed by atoms with Gasteiger partial charge in [-0.3, -0.25) is 14.4 Å². The van der Waals surface area contributed by atoms with Crippen molar-refractivity contribution in [2.75, 3.05) is 0 Å². The van der Waals surface area contributed by atoms with E-state index in [9.17, 15) is 29.1 Å². The molecule has 0 heterocycles. The average Bonchev–Trinajstić information content (AvgIpc) is 2.41. The number of aliphatic carboxylic acids is 3. The van der Waals surface area contributed by atoms with Gasteiger partial charge in [0.1, 0.15) is 13.7 Å². The minimum absolute atomic E-state index is 0.513. The van der Waals surface area contributed by atoms with Crippen LogP contribution >= 0.6 is 0 Å². The van der Waals surface area contributed by atoms with Gasteiger partial charge in [-0.15, -0.1) is 0 Å². The number of carboxylic acids is 3. The first kappa shape index (κ1) is 18.3. The molecule has 0 aromatic carbocycles. The van der Waals surface area contributed by atoms with Crippen molar-refractivity contribution in [2.45, 2.75) is 31.4 Å².